The van der Waals surface area contributed by atoms with E-state index in [1.54, 1.807) is 31.2 Å². The number of amides is 1. The number of hydrogen-bond acceptors (Lipinski definition) is 9. The molecule has 0 saturated carbocycles. The first-order valence-electron chi connectivity index (χ1n) is 12.7. The molecule has 1 aliphatic heterocycles. The summed E-state index contributed by atoms with van der Waals surface area (Å²) >= 11 is 5.12. The van der Waals surface area contributed by atoms with Crippen molar-refractivity contribution in [1.29, 1.82) is 0 Å². The van der Waals surface area contributed by atoms with Crippen molar-refractivity contribution in [2.24, 2.45) is 10.8 Å². The SMILES string of the molecule is C=CCN.C=O.CC/C=C/Cl.CCOC(=O)C1=NN(C)C(C(=O)Nc2ccc(-c3ccccc3S(C)(=O)=O)cc2F)C1. The molecule has 13 heteroatoms. The highest BCUT2D eigenvalue weighted by Gasteiger charge is 2.34. The van der Waals surface area contributed by atoms with Gasteiger partial charge in [0.05, 0.1) is 17.2 Å². The third kappa shape index (κ3) is 12.3. The van der Waals surface area contributed by atoms with Crippen LogP contribution in [0, 0.1) is 5.82 Å². The predicted octanol–water partition coefficient (Wildman–Crippen LogP) is 4.55. The number of anilines is 1. The summed E-state index contributed by atoms with van der Waals surface area (Å²) < 4.78 is 43.7. The Labute approximate surface area is 252 Å². The zero-order valence-corrected chi connectivity index (χ0v) is 25.8. The van der Waals surface area contributed by atoms with Gasteiger partial charge in [0.2, 0.25) is 5.91 Å². The highest BCUT2D eigenvalue weighted by Crippen LogP contribution is 2.30. The maximum absolute atomic E-state index is 14.7. The molecular weight excluding hydrogens is 587 g/mol. The standard InChI is InChI=1S/C21H22FN3O5S.C4H7Cl.C3H7N.CH2O/c1-4-30-21(27)17-12-18(25(2)24-17)20(26)23-16-10-9-13(11-15(16)22)14-7-5-6-8-19(14)31(3,28)29;1-2-3-4-5;1-2-3-4;1-2/h5-11,18H,4,12H2,1-3H3,(H,23,26);3-4H,2H2,1H3;2H,1,3-4H2;1H2/b;4-3+;;. The van der Waals surface area contributed by atoms with Crippen molar-refractivity contribution in [3.8, 4) is 11.1 Å². The first-order valence-corrected chi connectivity index (χ1v) is 15.0. The van der Waals surface area contributed by atoms with Gasteiger partial charge >= 0.3 is 5.97 Å². The summed E-state index contributed by atoms with van der Waals surface area (Å²) in [7, 11) is -1.97. The average Bonchev–Trinajstić information content (AvgIpc) is 3.37. The van der Waals surface area contributed by atoms with Crippen LogP contribution in [0.4, 0.5) is 10.1 Å². The van der Waals surface area contributed by atoms with Gasteiger partial charge < -0.3 is 20.6 Å². The molecule has 0 radical (unpaired) electrons. The fourth-order valence-corrected chi connectivity index (χ4v) is 4.42. The molecule has 42 heavy (non-hydrogen) atoms. The van der Waals surface area contributed by atoms with E-state index in [0.717, 1.165) is 12.7 Å². The summed E-state index contributed by atoms with van der Waals surface area (Å²) in [5, 5.41) is 7.85. The van der Waals surface area contributed by atoms with Crippen LogP contribution in [0.5, 0.6) is 0 Å². The highest BCUT2D eigenvalue weighted by molar-refractivity contribution is 7.90. The van der Waals surface area contributed by atoms with E-state index >= 15 is 0 Å². The molecule has 1 amide bonds. The lowest BCUT2D eigenvalue weighted by molar-refractivity contribution is -0.135. The van der Waals surface area contributed by atoms with Crippen LogP contribution in [0.15, 0.2) is 76.7 Å². The third-order valence-corrected chi connectivity index (χ3v) is 6.58. The average molecular weight is 625 g/mol. The first kappa shape index (κ1) is 38.1. The van der Waals surface area contributed by atoms with Crippen LogP contribution < -0.4 is 11.1 Å². The fraction of sp³-hybridized carbons (Fsp3) is 0.310. The normalized spacial score (nSPS) is 13.7. The quantitative estimate of drug-likeness (QED) is 0.321. The maximum Gasteiger partial charge on any atom is 0.354 e. The molecule has 0 fully saturated rings. The van der Waals surface area contributed by atoms with Crippen LogP contribution in [-0.2, 0) is 29.0 Å². The first-order chi connectivity index (χ1) is 19.9. The van der Waals surface area contributed by atoms with E-state index in [-0.39, 0.29) is 29.3 Å². The van der Waals surface area contributed by atoms with Crippen molar-refractivity contribution in [3.63, 3.8) is 0 Å². The number of nitrogens with two attached hydrogens (primary N) is 1. The number of nitrogens with zero attached hydrogens (tertiary/aromatic N) is 2. The molecule has 10 nitrogen and oxygen atoms in total. The summed E-state index contributed by atoms with van der Waals surface area (Å²) in [5.74, 6) is -1.85. The van der Waals surface area contributed by atoms with Crippen LogP contribution in [0.25, 0.3) is 11.1 Å². The Balaban J connectivity index is 0.00000132. The lowest BCUT2D eigenvalue weighted by Gasteiger charge is -2.18. The summed E-state index contributed by atoms with van der Waals surface area (Å²) in [4.78, 5) is 32.5. The van der Waals surface area contributed by atoms with E-state index in [2.05, 4.69) is 17.0 Å². The van der Waals surface area contributed by atoms with E-state index in [1.165, 1.54) is 41.9 Å². The van der Waals surface area contributed by atoms with E-state index < -0.39 is 33.6 Å². The molecule has 2 aromatic carbocycles. The van der Waals surface area contributed by atoms with Gasteiger partial charge in [0, 0.05) is 37.4 Å². The Bertz CT molecular complexity index is 1350. The number of sulfone groups is 1. The Kier molecular flexibility index (Phi) is 18.2. The molecular formula is C29H38ClFN4O6S. The number of hydrazone groups is 1. The molecule has 0 spiro atoms. The lowest BCUT2D eigenvalue weighted by Crippen LogP contribution is -2.36. The lowest BCUT2D eigenvalue weighted by atomic mass is 10.0. The topological polar surface area (TPSA) is 148 Å². The molecule has 1 unspecified atom stereocenters. The van der Waals surface area contributed by atoms with E-state index in [1.807, 2.05) is 19.8 Å². The Morgan fingerprint density at radius 3 is 2.33 bits per heavy atom. The van der Waals surface area contributed by atoms with Gasteiger partial charge in [-0.1, -0.05) is 54.9 Å². The number of nitrogens with one attached hydrogen (secondary N) is 1. The molecule has 3 rings (SSSR count). The molecule has 1 aliphatic rings. The van der Waals surface area contributed by atoms with Gasteiger partial charge in [-0.25, -0.2) is 17.6 Å². The minimum absolute atomic E-state index is 0.0443. The number of carbonyl (C=O) groups is 3. The minimum atomic E-state index is -3.51. The van der Waals surface area contributed by atoms with Crippen molar-refractivity contribution in [3.05, 3.63) is 72.5 Å². The number of hydrogen-bond donors (Lipinski definition) is 2. The van der Waals surface area contributed by atoms with Gasteiger partial charge in [0.25, 0.3) is 0 Å². The van der Waals surface area contributed by atoms with Crippen LogP contribution in [0.1, 0.15) is 26.7 Å². The van der Waals surface area contributed by atoms with Crippen molar-refractivity contribution >= 4 is 51.5 Å². The molecule has 0 bridgehead atoms. The Morgan fingerprint density at radius 2 is 1.86 bits per heavy atom. The molecule has 230 valence electrons. The predicted molar refractivity (Wildman–Crippen MR) is 165 cm³/mol. The van der Waals surface area contributed by atoms with Gasteiger partial charge in [-0.05, 0) is 37.1 Å². The van der Waals surface area contributed by atoms with Gasteiger partial charge in [0.15, 0.2) is 9.84 Å². The molecule has 0 aromatic heterocycles. The number of halogens is 2. The number of rotatable bonds is 8. The van der Waals surface area contributed by atoms with Gasteiger partial charge in [-0.15, -0.1) is 6.58 Å². The largest absolute Gasteiger partial charge is 0.461 e. The van der Waals surface area contributed by atoms with E-state index in [4.69, 9.17) is 26.9 Å². The number of allylic oxidation sites excluding steroid dienone is 1. The van der Waals surface area contributed by atoms with Crippen molar-refractivity contribution < 1.29 is 31.9 Å². The molecule has 0 saturated heterocycles. The third-order valence-electron chi connectivity index (χ3n) is 5.25. The Morgan fingerprint density at radius 1 is 1.24 bits per heavy atom. The Hall–Kier alpha value is -3.87. The molecule has 0 aliphatic carbocycles. The van der Waals surface area contributed by atoms with Crippen LogP contribution in [0.3, 0.4) is 0 Å². The van der Waals surface area contributed by atoms with Crippen molar-refractivity contribution in [1.82, 2.24) is 5.01 Å². The van der Waals surface area contributed by atoms with Crippen LogP contribution in [-0.4, -0.2) is 70.3 Å². The van der Waals surface area contributed by atoms with E-state index in [0.29, 0.717) is 17.7 Å². The number of ether oxygens (including phenoxy) is 1. The zero-order valence-electron chi connectivity index (χ0n) is 24.2. The highest BCUT2D eigenvalue weighted by atomic mass is 35.5. The maximum atomic E-state index is 14.7. The monoisotopic (exact) mass is 624 g/mol. The summed E-state index contributed by atoms with van der Waals surface area (Å²) in [6, 6.07) is 9.57. The zero-order chi connectivity index (χ0) is 32.3. The smallest absolute Gasteiger partial charge is 0.354 e. The summed E-state index contributed by atoms with van der Waals surface area (Å²) in [6.45, 7) is 9.84. The minimum Gasteiger partial charge on any atom is -0.461 e. The number of carbonyl (C=O) groups excluding carboxylic acids is 3. The fourth-order valence-electron chi connectivity index (χ4n) is 3.33. The van der Waals surface area contributed by atoms with Crippen LogP contribution in [0.2, 0.25) is 0 Å². The van der Waals surface area contributed by atoms with Gasteiger partial charge in [-0.2, -0.15) is 5.10 Å². The second-order valence-electron chi connectivity index (χ2n) is 8.31. The summed E-state index contributed by atoms with van der Waals surface area (Å²) in [6.07, 6.45) is 5.70. The van der Waals surface area contributed by atoms with Crippen molar-refractivity contribution in [2.75, 3.05) is 31.8 Å². The second-order valence-corrected chi connectivity index (χ2v) is 10.5. The summed E-state index contributed by atoms with van der Waals surface area (Å²) in [5.41, 5.74) is 7.22. The number of esters is 1. The van der Waals surface area contributed by atoms with Crippen LogP contribution >= 0.6 is 11.6 Å². The van der Waals surface area contributed by atoms with Gasteiger partial charge in [0.1, 0.15) is 24.4 Å². The second kappa shape index (κ2) is 20.1. The molecule has 1 heterocycles. The molecule has 3 N–H and O–H groups in total. The molecule has 2 aromatic rings. The number of benzene rings is 2. The van der Waals surface area contributed by atoms with E-state index in [9.17, 15) is 22.4 Å². The number of likely N-dealkylation sites (N-methyl/N-ethyl adjacent to an activating group) is 1. The molecule has 1 atom stereocenters. The van der Waals surface area contributed by atoms with Crippen molar-refractivity contribution in [2.45, 2.75) is 37.6 Å². The van der Waals surface area contributed by atoms with Gasteiger partial charge in [-0.3, -0.25) is 9.80 Å².